The summed E-state index contributed by atoms with van der Waals surface area (Å²) in [5.74, 6) is 2.14. The van der Waals surface area contributed by atoms with Gasteiger partial charge in [0.25, 0.3) is 10.0 Å². The van der Waals surface area contributed by atoms with Crippen LogP contribution in [0.3, 0.4) is 0 Å². The molecule has 1 heterocycles. The Morgan fingerprint density at radius 3 is 1.97 bits per heavy atom. The number of benzene rings is 2. The fourth-order valence-electron chi connectivity index (χ4n) is 3.41. The average Bonchev–Trinajstić information content (AvgIpc) is 2.61. The molecule has 2 N–H and O–H groups in total. The van der Waals surface area contributed by atoms with Crippen LogP contribution in [0, 0.1) is 27.7 Å². The number of nitrogens with one attached hydrogen (secondary N) is 2. The Kier molecular flexibility index (Phi) is 5.98. The van der Waals surface area contributed by atoms with Crippen molar-refractivity contribution < 1.29 is 8.42 Å². The molecular formula is C22H27N5O2S. The van der Waals surface area contributed by atoms with Crippen molar-refractivity contribution in [3.63, 3.8) is 0 Å². The summed E-state index contributed by atoms with van der Waals surface area (Å²) in [6.07, 6.45) is 0. The quantitative estimate of drug-likeness (QED) is 0.612. The Labute approximate surface area is 178 Å². The molecule has 2 aromatic carbocycles. The zero-order valence-corrected chi connectivity index (χ0v) is 18.9. The van der Waals surface area contributed by atoms with Gasteiger partial charge in [0.2, 0.25) is 0 Å². The molecule has 8 heteroatoms. The van der Waals surface area contributed by atoms with Gasteiger partial charge in [0, 0.05) is 31.5 Å². The van der Waals surface area contributed by atoms with E-state index in [1.165, 1.54) is 0 Å². The number of anilines is 4. The van der Waals surface area contributed by atoms with Crippen molar-refractivity contribution in [2.75, 3.05) is 29.0 Å². The molecule has 0 spiro atoms. The van der Waals surface area contributed by atoms with E-state index in [4.69, 9.17) is 0 Å². The maximum absolute atomic E-state index is 12.9. The van der Waals surface area contributed by atoms with E-state index in [1.807, 2.05) is 64.9 Å². The van der Waals surface area contributed by atoms with Gasteiger partial charge in [0.15, 0.2) is 0 Å². The molecule has 3 aromatic rings. The lowest BCUT2D eigenvalue weighted by molar-refractivity contribution is 0.600. The Hall–Kier alpha value is -3.13. The first-order valence-corrected chi connectivity index (χ1v) is 11.0. The van der Waals surface area contributed by atoms with Crippen LogP contribution in [0.25, 0.3) is 0 Å². The van der Waals surface area contributed by atoms with E-state index in [0.717, 1.165) is 28.2 Å². The molecule has 0 saturated carbocycles. The molecule has 0 aliphatic carbocycles. The molecule has 0 bridgehead atoms. The topological polar surface area (TPSA) is 87.2 Å². The van der Waals surface area contributed by atoms with E-state index in [1.54, 1.807) is 24.3 Å². The second-order valence-electron chi connectivity index (χ2n) is 7.59. The minimum absolute atomic E-state index is 0.322. The molecule has 30 heavy (non-hydrogen) atoms. The number of hydrogen-bond donors (Lipinski definition) is 2. The fraction of sp³-hybridized carbons (Fsp3) is 0.273. The van der Waals surface area contributed by atoms with E-state index in [9.17, 15) is 8.42 Å². The number of rotatable bonds is 6. The maximum Gasteiger partial charge on any atom is 0.262 e. The van der Waals surface area contributed by atoms with E-state index < -0.39 is 10.0 Å². The molecule has 0 atom stereocenters. The molecule has 0 aliphatic rings. The lowest BCUT2D eigenvalue weighted by Crippen LogP contribution is -2.16. The first-order valence-electron chi connectivity index (χ1n) is 9.56. The molecule has 0 amide bonds. The molecule has 0 saturated heterocycles. The highest BCUT2D eigenvalue weighted by atomic mass is 32.2. The zero-order chi connectivity index (χ0) is 22.1. The summed E-state index contributed by atoms with van der Waals surface area (Å²) in [5.41, 5.74) is 3.79. The third-order valence-electron chi connectivity index (χ3n) is 4.57. The van der Waals surface area contributed by atoms with Crippen molar-refractivity contribution in [3.8, 4) is 0 Å². The van der Waals surface area contributed by atoms with E-state index in [2.05, 4.69) is 20.0 Å². The van der Waals surface area contributed by atoms with Crippen LogP contribution in [0.4, 0.5) is 23.0 Å². The van der Waals surface area contributed by atoms with Gasteiger partial charge in [-0.05, 0) is 63.1 Å². The second-order valence-corrected chi connectivity index (χ2v) is 9.21. The first-order chi connectivity index (χ1) is 14.0. The Morgan fingerprint density at radius 1 is 0.833 bits per heavy atom. The van der Waals surface area contributed by atoms with Gasteiger partial charge >= 0.3 is 0 Å². The predicted octanol–water partition coefficient (Wildman–Crippen LogP) is 4.32. The normalized spacial score (nSPS) is 11.3. The maximum atomic E-state index is 12.9. The Balaban J connectivity index is 1.80. The summed E-state index contributed by atoms with van der Waals surface area (Å²) in [4.78, 5) is 11.0. The molecule has 0 radical (unpaired) electrons. The third-order valence-corrected chi connectivity index (χ3v) is 6.25. The molecule has 7 nitrogen and oxygen atoms in total. The van der Waals surface area contributed by atoms with E-state index >= 15 is 0 Å². The van der Waals surface area contributed by atoms with Crippen molar-refractivity contribution >= 4 is 33.0 Å². The van der Waals surface area contributed by atoms with Crippen molar-refractivity contribution in [3.05, 3.63) is 65.0 Å². The minimum atomic E-state index is -3.68. The molecular weight excluding hydrogens is 398 g/mol. The molecule has 158 valence electrons. The van der Waals surface area contributed by atoms with E-state index in [0.29, 0.717) is 22.2 Å². The Bertz CT molecular complexity index is 1150. The third kappa shape index (κ3) is 4.88. The van der Waals surface area contributed by atoms with Crippen molar-refractivity contribution in [1.82, 2.24) is 9.97 Å². The van der Waals surface area contributed by atoms with E-state index in [-0.39, 0.29) is 0 Å². The van der Waals surface area contributed by atoms with Crippen molar-refractivity contribution in [2.24, 2.45) is 0 Å². The van der Waals surface area contributed by atoms with Crippen molar-refractivity contribution in [2.45, 2.75) is 32.6 Å². The fourth-order valence-corrected chi connectivity index (χ4v) is 4.93. The molecule has 0 unspecified atom stereocenters. The van der Waals surface area contributed by atoms with Crippen molar-refractivity contribution in [1.29, 1.82) is 0 Å². The predicted molar refractivity (Wildman–Crippen MR) is 122 cm³/mol. The monoisotopic (exact) mass is 425 g/mol. The molecule has 0 aliphatic heterocycles. The van der Waals surface area contributed by atoms with Crippen LogP contribution in [-0.4, -0.2) is 32.5 Å². The van der Waals surface area contributed by atoms with Gasteiger partial charge in [-0.25, -0.2) is 18.4 Å². The Morgan fingerprint density at radius 2 is 1.40 bits per heavy atom. The van der Waals surface area contributed by atoms with Crippen LogP contribution in [0.2, 0.25) is 0 Å². The summed E-state index contributed by atoms with van der Waals surface area (Å²) in [6.45, 7) is 7.42. The van der Waals surface area contributed by atoms with Gasteiger partial charge in [-0.15, -0.1) is 0 Å². The summed E-state index contributed by atoms with van der Waals surface area (Å²) in [6, 6.07) is 12.7. The highest BCUT2D eigenvalue weighted by Crippen LogP contribution is 2.26. The highest BCUT2D eigenvalue weighted by Gasteiger charge is 2.20. The summed E-state index contributed by atoms with van der Waals surface area (Å²) >= 11 is 0. The standard InChI is InChI=1S/C22H27N5O2S/c1-14-11-15(2)22(16(3)12-14)30(28,29)26-19-9-7-18(8-10-19)25-20-13-21(27(5)6)24-17(4)23-20/h7-13,26H,1-6H3,(H,23,24,25). The molecule has 1 aromatic heterocycles. The number of aryl methyl sites for hydroxylation is 4. The summed E-state index contributed by atoms with van der Waals surface area (Å²) in [5, 5.41) is 3.23. The average molecular weight is 426 g/mol. The molecule has 0 fully saturated rings. The van der Waals surface area contributed by atoms with Crippen LogP contribution in [0.1, 0.15) is 22.5 Å². The number of sulfonamides is 1. The largest absolute Gasteiger partial charge is 0.363 e. The highest BCUT2D eigenvalue weighted by molar-refractivity contribution is 7.92. The minimum Gasteiger partial charge on any atom is -0.363 e. The number of nitrogens with zero attached hydrogens (tertiary/aromatic N) is 3. The van der Waals surface area contributed by atoms with Gasteiger partial charge in [-0.3, -0.25) is 4.72 Å². The van der Waals surface area contributed by atoms with Crippen LogP contribution in [0.5, 0.6) is 0 Å². The smallest absolute Gasteiger partial charge is 0.262 e. The summed E-state index contributed by atoms with van der Waals surface area (Å²) < 4.78 is 28.5. The van der Waals surface area contributed by atoms with Crippen LogP contribution in [0.15, 0.2) is 47.4 Å². The van der Waals surface area contributed by atoms with Crippen LogP contribution >= 0.6 is 0 Å². The molecule has 3 rings (SSSR count). The summed E-state index contributed by atoms with van der Waals surface area (Å²) in [7, 11) is 0.161. The first kappa shape index (κ1) is 21.6. The lowest BCUT2D eigenvalue weighted by Gasteiger charge is -2.15. The number of aromatic nitrogens is 2. The van der Waals surface area contributed by atoms with Gasteiger partial charge < -0.3 is 10.2 Å². The van der Waals surface area contributed by atoms with Gasteiger partial charge in [0.1, 0.15) is 17.5 Å². The number of hydrogen-bond acceptors (Lipinski definition) is 6. The lowest BCUT2D eigenvalue weighted by atomic mass is 10.1. The van der Waals surface area contributed by atoms with Gasteiger partial charge in [-0.1, -0.05) is 17.7 Å². The van der Waals surface area contributed by atoms with Crippen LogP contribution < -0.4 is 14.9 Å². The van der Waals surface area contributed by atoms with Gasteiger partial charge in [-0.2, -0.15) is 0 Å². The van der Waals surface area contributed by atoms with Gasteiger partial charge in [0.05, 0.1) is 4.90 Å². The zero-order valence-electron chi connectivity index (χ0n) is 18.1. The van der Waals surface area contributed by atoms with Crippen LogP contribution in [-0.2, 0) is 10.0 Å². The second kappa shape index (κ2) is 8.31. The SMILES string of the molecule is Cc1cc(C)c(S(=O)(=O)Nc2ccc(Nc3cc(N(C)C)nc(C)n3)cc2)c(C)c1.